The molecule has 0 saturated carbocycles. The molecule has 8 heteroatoms. The van der Waals surface area contributed by atoms with Crippen molar-refractivity contribution >= 4 is 40.5 Å². The number of benzene rings is 2. The first-order chi connectivity index (χ1) is 21.0. The molecular weight excluding hydrogens is 581 g/mol. The Morgan fingerprint density at radius 1 is 0.814 bits per heavy atom. The van der Waals surface area contributed by atoms with Crippen LogP contribution in [-0.2, 0) is 16.0 Å². The standard InChI is InChI=1S/C23H27Cl2N3O2.C12H26O/c24-19-4-3-5-21(23(19)25)28-13-11-27(12-14-28)10-1-2-15-30-18-8-6-17-7-9-22(29)26-20(17)16-18;1-3-4-5-6-7-8-9-10-11-12-13-2/h3-6,8,16H,1-2,7,9-15H2,(H,26,29);3-12H2,1-2H3. The fraction of sp³-hybridized carbons (Fsp3) is 0.629. The summed E-state index contributed by atoms with van der Waals surface area (Å²) in [6.45, 7) is 8.92. The molecule has 2 aromatic carbocycles. The Bertz CT molecular complexity index is 1070. The highest BCUT2D eigenvalue weighted by Crippen LogP contribution is 2.33. The number of hydrogen-bond acceptors (Lipinski definition) is 5. The minimum atomic E-state index is 0.0809. The van der Waals surface area contributed by atoms with Gasteiger partial charge in [-0.2, -0.15) is 0 Å². The van der Waals surface area contributed by atoms with Gasteiger partial charge in [-0.15, -0.1) is 0 Å². The normalized spacial score (nSPS) is 15.0. The summed E-state index contributed by atoms with van der Waals surface area (Å²) in [5.41, 5.74) is 3.10. The zero-order chi connectivity index (χ0) is 30.7. The van der Waals surface area contributed by atoms with Crippen LogP contribution in [0, 0.1) is 0 Å². The van der Waals surface area contributed by atoms with E-state index in [1.165, 1.54) is 63.4 Å². The van der Waals surface area contributed by atoms with Crippen molar-refractivity contribution in [3.8, 4) is 5.75 Å². The summed E-state index contributed by atoms with van der Waals surface area (Å²) in [5.74, 6) is 0.903. The van der Waals surface area contributed by atoms with E-state index in [1.807, 2.05) is 30.3 Å². The van der Waals surface area contributed by atoms with E-state index in [1.54, 1.807) is 7.11 Å². The molecule has 1 saturated heterocycles. The maximum absolute atomic E-state index is 11.5. The Hall–Kier alpha value is -1.99. The van der Waals surface area contributed by atoms with Gasteiger partial charge in [-0.1, -0.05) is 93.6 Å². The van der Waals surface area contributed by atoms with Crippen molar-refractivity contribution in [1.29, 1.82) is 0 Å². The van der Waals surface area contributed by atoms with Crippen LogP contribution < -0.4 is 15.0 Å². The highest BCUT2D eigenvalue weighted by molar-refractivity contribution is 6.43. The SMILES string of the molecule is CCCCCCCCCCCOC.O=C1CCc2ccc(OCCCCN3CCN(c4cccc(Cl)c4Cl)CC3)cc2N1. The third-order valence-corrected chi connectivity index (χ3v) is 9.02. The lowest BCUT2D eigenvalue weighted by atomic mass is 10.0. The molecule has 240 valence electrons. The van der Waals surface area contributed by atoms with Gasteiger partial charge in [0.2, 0.25) is 5.91 Å². The average Bonchev–Trinajstić information content (AvgIpc) is 3.02. The number of hydrogen-bond donors (Lipinski definition) is 1. The Labute approximate surface area is 270 Å². The van der Waals surface area contributed by atoms with Gasteiger partial charge in [0.25, 0.3) is 0 Å². The molecule has 2 aromatic rings. The van der Waals surface area contributed by atoms with E-state index >= 15 is 0 Å². The number of aryl methyl sites for hydroxylation is 1. The number of methoxy groups -OCH3 is 1. The van der Waals surface area contributed by atoms with Crippen molar-refractivity contribution in [2.45, 2.75) is 90.4 Å². The van der Waals surface area contributed by atoms with Crippen molar-refractivity contribution < 1.29 is 14.3 Å². The number of nitrogens with zero attached hydrogens (tertiary/aromatic N) is 2. The lowest BCUT2D eigenvalue weighted by molar-refractivity contribution is -0.116. The number of carbonyl (C=O) groups excluding carboxylic acids is 1. The summed E-state index contributed by atoms with van der Waals surface area (Å²) in [5, 5.41) is 4.18. The molecule has 2 aliphatic rings. The number of rotatable bonds is 17. The number of fused-ring (bicyclic) bond motifs is 1. The van der Waals surface area contributed by atoms with Crippen LogP contribution in [0.3, 0.4) is 0 Å². The van der Waals surface area contributed by atoms with E-state index in [2.05, 4.69) is 28.1 Å². The number of anilines is 2. The van der Waals surface area contributed by atoms with Gasteiger partial charge in [-0.3, -0.25) is 9.69 Å². The molecule has 0 atom stereocenters. The molecule has 0 bridgehead atoms. The first-order valence-corrected chi connectivity index (χ1v) is 17.2. The van der Waals surface area contributed by atoms with E-state index in [-0.39, 0.29) is 5.91 Å². The third-order valence-electron chi connectivity index (χ3n) is 8.21. The zero-order valence-corrected chi connectivity index (χ0v) is 28.0. The third kappa shape index (κ3) is 13.3. The van der Waals surface area contributed by atoms with Gasteiger partial charge in [0.15, 0.2) is 0 Å². The van der Waals surface area contributed by atoms with Crippen LogP contribution in [0.2, 0.25) is 10.0 Å². The second-order valence-corrected chi connectivity index (χ2v) is 12.4. The molecule has 4 rings (SSSR count). The van der Waals surface area contributed by atoms with Crippen LogP contribution in [0.1, 0.15) is 89.5 Å². The molecule has 1 fully saturated rings. The fourth-order valence-corrected chi connectivity index (χ4v) is 5.99. The first kappa shape index (κ1) is 35.5. The van der Waals surface area contributed by atoms with Crippen LogP contribution in [0.4, 0.5) is 11.4 Å². The van der Waals surface area contributed by atoms with Crippen LogP contribution in [0.25, 0.3) is 0 Å². The monoisotopic (exact) mass is 633 g/mol. The molecule has 0 spiro atoms. The van der Waals surface area contributed by atoms with Crippen molar-refractivity contribution in [2.24, 2.45) is 0 Å². The van der Waals surface area contributed by atoms with Crippen LogP contribution in [-0.4, -0.2) is 63.9 Å². The van der Waals surface area contributed by atoms with Crippen LogP contribution in [0.15, 0.2) is 36.4 Å². The molecule has 6 nitrogen and oxygen atoms in total. The molecule has 2 aliphatic heterocycles. The van der Waals surface area contributed by atoms with Gasteiger partial charge in [0.1, 0.15) is 5.75 Å². The minimum Gasteiger partial charge on any atom is -0.494 e. The molecule has 2 heterocycles. The molecule has 43 heavy (non-hydrogen) atoms. The summed E-state index contributed by atoms with van der Waals surface area (Å²) >= 11 is 12.5. The van der Waals surface area contributed by atoms with E-state index in [0.717, 1.165) is 75.7 Å². The van der Waals surface area contributed by atoms with Crippen LogP contribution in [0.5, 0.6) is 5.75 Å². The second kappa shape index (κ2) is 20.9. The number of nitrogens with one attached hydrogen (secondary N) is 1. The van der Waals surface area contributed by atoms with Gasteiger partial charge < -0.3 is 19.7 Å². The predicted molar refractivity (Wildman–Crippen MR) is 182 cm³/mol. The summed E-state index contributed by atoms with van der Waals surface area (Å²) in [6.07, 6.45) is 16.0. The van der Waals surface area contributed by atoms with Crippen LogP contribution >= 0.6 is 23.2 Å². The largest absolute Gasteiger partial charge is 0.494 e. The molecular formula is C35H53Cl2N3O3. The number of halogens is 2. The number of carbonyl (C=O) groups is 1. The fourth-order valence-electron chi connectivity index (χ4n) is 5.57. The summed E-state index contributed by atoms with van der Waals surface area (Å²) in [6, 6.07) is 11.8. The minimum absolute atomic E-state index is 0.0809. The van der Waals surface area contributed by atoms with Gasteiger partial charge in [-0.25, -0.2) is 0 Å². The average molecular weight is 635 g/mol. The lowest BCUT2D eigenvalue weighted by Gasteiger charge is -2.36. The zero-order valence-electron chi connectivity index (χ0n) is 26.5. The lowest BCUT2D eigenvalue weighted by Crippen LogP contribution is -2.46. The summed E-state index contributed by atoms with van der Waals surface area (Å²) < 4.78 is 10.9. The first-order valence-electron chi connectivity index (χ1n) is 16.5. The van der Waals surface area contributed by atoms with E-state index in [0.29, 0.717) is 23.1 Å². The maximum atomic E-state index is 11.5. The van der Waals surface area contributed by atoms with Gasteiger partial charge in [0.05, 0.1) is 22.3 Å². The Kier molecular flexibility index (Phi) is 17.2. The van der Waals surface area contributed by atoms with Gasteiger partial charge in [-0.05, 0) is 56.0 Å². The Morgan fingerprint density at radius 2 is 1.51 bits per heavy atom. The molecule has 1 N–H and O–H groups in total. The van der Waals surface area contributed by atoms with Crippen molar-refractivity contribution in [1.82, 2.24) is 4.90 Å². The molecule has 1 amide bonds. The Balaban J connectivity index is 0.000000331. The topological polar surface area (TPSA) is 54.0 Å². The smallest absolute Gasteiger partial charge is 0.224 e. The number of unbranched alkanes of at least 4 members (excludes halogenated alkanes) is 9. The number of amides is 1. The Morgan fingerprint density at radius 3 is 2.23 bits per heavy atom. The maximum Gasteiger partial charge on any atom is 0.224 e. The van der Waals surface area contributed by atoms with Crippen molar-refractivity contribution in [2.75, 3.05) is 63.3 Å². The van der Waals surface area contributed by atoms with Crippen molar-refractivity contribution in [3.05, 3.63) is 52.0 Å². The highest BCUT2D eigenvalue weighted by atomic mass is 35.5. The quantitative estimate of drug-likeness (QED) is 0.176. The molecule has 0 unspecified atom stereocenters. The van der Waals surface area contributed by atoms with Gasteiger partial charge in [0, 0.05) is 58.1 Å². The summed E-state index contributed by atoms with van der Waals surface area (Å²) in [7, 11) is 1.78. The van der Waals surface area contributed by atoms with E-state index in [9.17, 15) is 4.79 Å². The highest BCUT2D eigenvalue weighted by Gasteiger charge is 2.19. The van der Waals surface area contributed by atoms with Gasteiger partial charge >= 0.3 is 0 Å². The van der Waals surface area contributed by atoms with E-state index < -0.39 is 0 Å². The van der Waals surface area contributed by atoms with E-state index in [4.69, 9.17) is 32.7 Å². The molecule has 0 aromatic heterocycles. The number of piperazine rings is 1. The molecule has 0 aliphatic carbocycles. The summed E-state index contributed by atoms with van der Waals surface area (Å²) in [4.78, 5) is 16.3. The molecule has 0 radical (unpaired) electrons. The predicted octanol–water partition coefficient (Wildman–Crippen LogP) is 9.02. The number of ether oxygens (including phenoxy) is 2. The van der Waals surface area contributed by atoms with Crippen molar-refractivity contribution in [3.63, 3.8) is 0 Å². The second-order valence-electron chi connectivity index (χ2n) is 11.6.